The Labute approximate surface area is 141 Å². The molecule has 2 rings (SSSR count). The molecule has 1 N–H and O–H groups in total. The van der Waals surface area contributed by atoms with Crippen molar-refractivity contribution in [2.75, 3.05) is 18.4 Å². The topological polar surface area (TPSA) is 61.8 Å². The van der Waals surface area contributed by atoms with Gasteiger partial charge in [0.25, 0.3) is 0 Å². The zero-order chi connectivity index (χ0) is 17.0. The quantitative estimate of drug-likeness (QED) is 0.901. The molecule has 1 atom stereocenters. The zero-order valence-electron chi connectivity index (χ0n) is 14.0. The highest BCUT2D eigenvalue weighted by Crippen LogP contribution is 2.29. The van der Waals surface area contributed by atoms with E-state index in [1.54, 1.807) is 4.90 Å². The van der Waals surface area contributed by atoms with Gasteiger partial charge in [-0.1, -0.05) is 29.5 Å². The number of nitrogens with one attached hydrogen (secondary N) is 1. The number of aryl methyl sites for hydroxylation is 2. The smallest absolute Gasteiger partial charge is 0.242 e. The summed E-state index contributed by atoms with van der Waals surface area (Å²) in [5.74, 6) is -0.169. The number of thioether (sulfide) groups is 1. The van der Waals surface area contributed by atoms with Crippen molar-refractivity contribution in [3.8, 4) is 0 Å². The summed E-state index contributed by atoms with van der Waals surface area (Å²) in [6.45, 7) is 9.05. The van der Waals surface area contributed by atoms with E-state index in [-0.39, 0.29) is 23.5 Å². The van der Waals surface area contributed by atoms with E-state index in [0.29, 0.717) is 13.1 Å². The number of nitrogens with zero attached hydrogens (tertiary/aromatic N) is 2. The van der Waals surface area contributed by atoms with Gasteiger partial charge in [0.15, 0.2) is 5.17 Å². The first-order chi connectivity index (χ1) is 11.0. The van der Waals surface area contributed by atoms with Gasteiger partial charge >= 0.3 is 0 Å². The molecule has 1 heterocycles. The molecule has 2 amide bonds. The molecule has 1 saturated heterocycles. The van der Waals surface area contributed by atoms with E-state index < -0.39 is 0 Å². The molecule has 0 bridgehead atoms. The average molecular weight is 333 g/mol. The van der Waals surface area contributed by atoms with E-state index in [4.69, 9.17) is 0 Å². The molecule has 1 aromatic rings. The van der Waals surface area contributed by atoms with E-state index in [9.17, 15) is 9.59 Å². The molecule has 1 aliphatic rings. The van der Waals surface area contributed by atoms with E-state index in [1.165, 1.54) is 11.8 Å². The van der Waals surface area contributed by atoms with Gasteiger partial charge in [-0.05, 0) is 39.3 Å². The van der Waals surface area contributed by atoms with Gasteiger partial charge in [0.2, 0.25) is 11.8 Å². The SMILES string of the molecule is CCN=C1S[C@H](CC(=O)Nc2ccc(C)cc2C)C(=O)N1CC. The normalized spacial score (nSPS) is 19.5. The predicted molar refractivity (Wildman–Crippen MR) is 95.9 cm³/mol. The third-order valence-electron chi connectivity index (χ3n) is 3.66. The highest BCUT2D eigenvalue weighted by molar-refractivity contribution is 8.15. The van der Waals surface area contributed by atoms with Crippen LogP contribution >= 0.6 is 11.8 Å². The molecular weight excluding hydrogens is 310 g/mol. The number of amides is 2. The first kappa shape index (κ1) is 17.5. The van der Waals surface area contributed by atoms with Gasteiger partial charge in [-0.25, -0.2) is 0 Å². The van der Waals surface area contributed by atoms with Crippen molar-refractivity contribution in [1.82, 2.24) is 4.90 Å². The van der Waals surface area contributed by atoms with Gasteiger partial charge in [0, 0.05) is 25.2 Å². The van der Waals surface area contributed by atoms with Crippen molar-refractivity contribution in [1.29, 1.82) is 0 Å². The molecule has 0 aromatic heterocycles. The molecule has 0 aliphatic carbocycles. The maximum absolute atomic E-state index is 12.4. The molecule has 23 heavy (non-hydrogen) atoms. The molecule has 0 spiro atoms. The monoisotopic (exact) mass is 333 g/mol. The number of rotatable bonds is 5. The molecule has 1 aliphatic heterocycles. The fourth-order valence-corrected chi connectivity index (χ4v) is 3.78. The average Bonchev–Trinajstić information content (AvgIpc) is 2.78. The van der Waals surface area contributed by atoms with E-state index in [2.05, 4.69) is 10.3 Å². The van der Waals surface area contributed by atoms with Crippen LogP contribution < -0.4 is 5.32 Å². The number of hydrogen-bond acceptors (Lipinski definition) is 4. The minimum absolute atomic E-state index is 0.0273. The standard InChI is InChI=1S/C17H23N3O2S/c1-5-18-17-20(6-2)16(22)14(23-17)10-15(21)19-13-8-7-11(3)9-12(13)4/h7-9,14H,5-6,10H2,1-4H3,(H,19,21)/t14-/m1/s1. The van der Waals surface area contributed by atoms with Crippen molar-refractivity contribution in [3.63, 3.8) is 0 Å². The van der Waals surface area contributed by atoms with Crippen LogP contribution in [0.2, 0.25) is 0 Å². The summed E-state index contributed by atoms with van der Waals surface area (Å²) < 4.78 is 0. The van der Waals surface area contributed by atoms with Crippen molar-refractivity contribution in [2.24, 2.45) is 4.99 Å². The van der Waals surface area contributed by atoms with Crippen LogP contribution in [-0.4, -0.2) is 40.2 Å². The minimum atomic E-state index is -0.383. The van der Waals surface area contributed by atoms with Crippen LogP contribution in [-0.2, 0) is 9.59 Å². The van der Waals surface area contributed by atoms with Gasteiger partial charge in [0.05, 0.1) is 0 Å². The lowest BCUT2D eigenvalue weighted by Gasteiger charge is -2.13. The lowest BCUT2D eigenvalue weighted by Crippen LogP contribution is -2.33. The Morgan fingerprint density at radius 1 is 1.35 bits per heavy atom. The molecule has 5 nitrogen and oxygen atoms in total. The number of carbonyl (C=O) groups excluding carboxylic acids is 2. The Hall–Kier alpha value is -1.82. The first-order valence-corrected chi connectivity index (χ1v) is 8.73. The van der Waals surface area contributed by atoms with Crippen LogP contribution in [0.5, 0.6) is 0 Å². The van der Waals surface area contributed by atoms with Crippen molar-refractivity contribution >= 4 is 34.4 Å². The molecule has 0 saturated carbocycles. The number of anilines is 1. The highest BCUT2D eigenvalue weighted by Gasteiger charge is 2.38. The lowest BCUT2D eigenvalue weighted by atomic mass is 10.1. The van der Waals surface area contributed by atoms with Crippen LogP contribution in [0.1, 0.15) is 31.4 Å². The predicted octanol–water partition coefficient (Wildman–Crippen LogP) is 2.97. The summed E-state index contributed by atoms with van der Waals surface area (Å²) in [7, 11) is 0. The van der Waals surface area contributed by atoms with Crippen molar-refractivity contribution < 1.29 is 9.59 Å². The Morgan fingerprint density at radius 2 is 2.09 bits per heavy atom. The van der Waals surface area contributed by atoms with Crippen molar-refractivity contribution in [2.45, 2.75) is 39.4 Å². The molecule has 6 heteroatoms. The van der Waals surface area contributed by atoms with Crippen molar-refractivity contribution in [3.05, 3.63) is 29.3 Å². The zero-order valence-corrected chi connectivity index (χ0v) is 14.9. The molecule has 1 aromatic carbocycles. The Morgan fingerprint density at radius 3 is 2.70 bits per heavy atom. The summed E-state index contributed by atoms with van der Waals surface area (Å²) in [4.78, 5) is 30.6. The van der Waals surface area contributed by atoms with Crippen LogP contribution in [0.15, 0.2) is 23.2 Å². The number of benzene rings is 1. The molecular formula is C17H23N3O2S. The highest BCUT2D eigenvalue weighted by atomic mass is 32.2. The van der Waals surface area contributed by atoms with E-state index in [0.717, 1.165) is 22.0 Å². The second-order valence-electron chi connectivity index (χ2n) is 5.52. The Bertz CT molecular complexity index is 643. The molecule has 0 unspecified atom stereocenters. The summed E-state index contributed by atoms with van der Waals surface area (Å²) in [5.41, 5.74) is 2.97. The van der Waals surface area contributed by atoms with Crippen LogP contribution in [0.25, 0.3) is 0 Å². The number of amidine groups is 1. The van der Waals surface area contributed by atoms with Gasteiger partial charge in [-0.3, -0.25) is 19.5 Å². The summed E-state index contributed by atoms with van der Waals surface area (Å²) in [6.07, 6.45) is 0.163. The van der Waals surface area contributed by atoms with E-state index in [1.807, 2.05) is 45.9 Å². The summed E-state index contributed by atoms with van der Waals surface area (Å²) >= 11 is 1.39. The van der Waals surface area contributed by atoms with Gasteiger partial charge < -0.3 is 5.32 Å². The second kappa shape index (κ2) is 7.64. The fraction of sp³-hybridized carbons (Fsp3) is 0.471. The van der Waals surface area contributed by atoms with Crippen LogP contribution in [0, 0.1) is 13.8 Å². The maximum atomic E-state index is 12.4. The minimum Gasteiger partial charge on any atom is -0.326 e. The van der Waals surface area contributed by atoms with Crippen LogP contribution in [0.3, 0.4) is 0 Å². The van der Waals surface area contributed by atoms with Crippen LogP contribution in [0.4, 0.5) is 5.69 Å². The maximum Gasteiger partial charge on any atom is 0.242 e. The molecule has 124 valence electrons. The first-order valence-electron chi connectivity index (χ1n) is 7.85. The van der Waals surface area contributed by atoms with Gasteiger partial charge in [-0.2, -0.15) is 0 Å². The number of aliphatic imine (C=N–C) groups is 1. The second-order valence-corrected chi connectivity index (χ2v) is 6.69. The van der Waals surface area contributed by atoms with Gasteiger partial charge in [-0.15, -0.1) is 0 Å². The molecule has 1 fully saturated rings. The van der Waals surface area contributed by atoms with Gasteiger partial charge in [0.1, 0.15) is 5.25 Å². The largest absolute Gasteiger partial charge is 0.326 e. The van der Waals surface area contributed by atoms with E-state index >= 15 is 0 Å². The Kier molecular flexibility index (Phi) is 5.82. The number of hydrogen-bond donors (Lipinski definition) is 1. The summed E-state index contributed by atoms with van der Waals surface area (Å²) in [6, 6.07) is 5.88. The lowest BCUT2D eigenvalue weighted by molar-refractivity contribution is -0.128. The summed E-state index contributed by atoms with van der Waals surface area (Å²) in [5, 5.41) is 3.24. The number of carbonyl (C=O) groups is 2. The fourth-order valence-electron chi connectivity index (χ4n) is 2.51. The third-order valence-corrected chi connectivity index (χ3v) is 4.87. The molecule has 0 radical (unpaired) electrons. The third kappa shape index (κ3) is 4.13. The Balaban J connectivity index is 2.03.